The predicted octanol–water partition coefficient (Wildman–Crippen LogP) is 5.35. The molecule has 4 rings (SSSR count). The molecule has 174 valence electrons. The summed E-state index contributed by atoms with van der Waals surface area (Å²) in [5.41, 5.74) is 2.07. The minimum atomic E-state index is -0.641. The van der Waals surface area contributed by atoms with Crippen LogP contribution in [-0.2, 0) is 0 Å². The zero-order chi connectivity index (χ0) is 24.2. The number of thiazole rings is 1. The lowest BCUT2D eigenvalue weighted by atomic mass is 9.81. The number of rotatable bonds is 7. The van der Waals surface area contributed by atoms with Gasteiger partial charge in [-0.2, -0.15) is 0 Å². The Labute approximate surface area is 199 Å². The van der Waals surface area contributed by atoms with E-state index in [1.54, 1.807) is 7.11 Å². The maximum Gasteiger partial charge on any atom is 0.364 e. The highest BCUT2D eigenvalue weighted by Gasteiger charge is 2.27. The molecular weight excluding hydrogens is 456 g/mol. The van der Waals surface area contributed by atoms with E-state index in [1.807, 2.05) is 42.6 Å². The number of carbonyl (C=O) groups excluding carboxylic acids is 1. The number of aromatic nitrogens is 2. The predicted molar refractivity (Wildman–Crippen MR) is 128 cm³/mol. The number of pyridine rings is 1. The van der Waals surface area contributed by atoms with Gasteiger partial charge in [0.2, 0.25) is 0 Å². The molecule has 0 spiro atoms. The fourth-order valence-corrected chi connectivity index (χ4v) is 4.53. The van der Waals surface area contributed by atoms with Crippen molar-refractivity contribution >= 4 is 28.2 Å². The van der Waals surface area contributed by atoms with Crippen LogP contribution < -0.4 is 14.8 Å². The number of benzene rings is 1. The van der Waals surface area contributed by atoms with Crippen LogP contribution in [-0.4, -0.2) is 27.9 Å². The summed E-state index contributed by atoms with van der Waals surface area (Å²) < 4.78 is 11.2. The second-order valence-corrected chi connectivity index (χ2v) is 8.62. The molecule has 2 heterocycles. The van der Waals surface area contributed by atoms with Crippen molar-refractivity contribution in [2.45, 2.75) is 19.8 Å². The van der Waals surface area contributed by atoms with Crippen molar-refractivity contribution in [3.05, 3.63) is 92.8 Å². The lowest BCUT2D eigenvalue weighted by molar-refractivity contribution is -0.389. The van der Waals surface area contributed by atoms with E-state index < -0.39 is 10.8 Å². The third-order valence-electron chi connectivity index (χ3n) is 5.36. The number of carbonyl (C=O) groups is 1. The topological polar surface area (TPSA) is 116 Å². The van der Waals surface area contributed by atoms with Crippen LogP contribution in [0.3, 0.4) is 0 Å². The Kier molecular flexibility index (Phi) is 6.69. The van der Waals surface area contributed by atoms with Crippen LogP contribution in [0.2, 0.25) is 0 Å². The molecule has 2 unspecified atom stereocenters. The van der Waals surface area contributed by atoms with E-state index in [1.165, 1.54) is 23.6 Å². The van der Waals surface area contributed by atoms with Gasteiger partial charge in [-0.15, -0.1) is 11.3 Å². The highest BCUT2D eigenvalue weighted by Crippen LogP contribution is 2.39. The Bertz CT molecular complexity index is 1280. The average Bonchev–Trinajstić information content (AvgIpc) is 3.27. The van der Waals surface area contributed by atoms with E-state index in [2.05, 4.69) is 28.3 Å². The minimum Gasteiger partial charge on any atom is -0.497 e. The van der Waals surface area contributed by atoms with E-state index in [-0.39, 0.29) is 23.2 Å². The van der Waals surface area contributed by atoms with Gasteiger partial charge in [-0.25, -0.2) is 4.98 Å². The molecule has 0 saturated heterocycles. The largest absolute Gasteiger partial charge is 0.497 e. The number of hydrogen-bond donors (Lipinski definition) is 1. The average molecular weight is 479 g/mol. The Morgan fingerprint density at radius 3 is 2.62 bits per heavy atom. The van der Waals surface area contributed by atoms with Crippen molar-refractivity contribution in [2.24, 2.45) is 5.92 Å². The van der Waals surface area contributed by atoms with Gasteiger partial charge < -0.3 is 19.6 Å². The van der Waals surface area contributed by atoms with Crippen LogP contribution in [0.15, 0.2) is 71.5 Å². The Hall–Kier alpha value is -4.05. The van der Waals surface area contributed by atoms with E-state index in [0.717, 1.165) is 34.6 Å². The number of methoxy groups -OCH3 is 1. The number of nitrogens with zero attached hydrogens (tertiary/aromatic N) is 3. The second-order valence-electron chi connectivity index (χ2n) is 7.76. The first-order valence-corrected chi connectivity index (χ1v) is 11.3. The molecule has 1 amide bonds. The normalized spacial score (nSPS) is 17.4. The molecule has 1 aliphatic carbocycles. The molecule has 1 aliphatic rings. The zero-order valence-corrected chi connectivity index (χ0v) is 19.5. The molecule has 1 N–H and O–H groups in total. The van der Waals surface area contributed by atoms with Crippen LogP contribution in [0.4, 0.5) is 10.9 Å². The molecule has 10 heteroatoms. The standard InChI is InChI=1S/C24H22N4O5S/c1-14-10-19(33-18-6-4-17(32-3)5-7-18)11-15(2)22(14)20-13-34-24(26-20)27-23(29)16-8-9-25-21(12-16)28(30)31/h4-14,22H,1-3H3,(H,26,27,29). The summed E-state index contributed by atoms with van der Waals surface area (Å²) in [6.07, 6.45) is 5.27. The minimum absolute atomic E-state index is 0.0344. The summed E-state index contributed by atoms with van der Waals surface area (Å²) >= 11 is 1.30. The third kappa shape index (κ3) is 5.12. The van der Waals surface area contributed by atoms with Gasteiger partial charge in [-0.3, -0.25) is 10.1 Å². The van der Waals surface area contributed by atoms with Gasteiger partial charge in [0.25, 0.3) is 5.91 Å². The maximum absolute atomic E-state index is 12.5. The van der Waals surface area contributed by atoms with Gasteiger partial charge in [0.05, 0.1) is 18.4 Å². The molecule has 1 aromatic carbocycles. The van der Waals surface area contributed by atoms with E-state index in [4.69, 9.17) is 9.47 Å². The van der Waals surface area contributed by atoms with Crippen LogP contribution >= 0.6 is 11.3 Å². The highest BCUT2D eigenvalue weighted by atomic mass is 32.1. The molecule has 0 saturated carbocycles. The van der Waals surface area contributed by atoms with Gasteiger partial charge in [0.1, 0.15) is 23.5 Å². The molecular formula is C24H22N4O5S. The van der Waals surface area contributed by atoms with Crippen LogP contribution in [0.5, 0.6) is 11.5 Å². The van der Waals surface area contributed by atoms with Crippen LogP contribution in [0, 0.1) is 16.0 Å². The molecule has 0 bridgehead atoms. The lowest BCUT2D eigenvalue weighted by Gasteiger charge is -2.26. The summed E-state index contributed by atoms with van der Waals surface area (Å²) in [5.74, 6) is 1.53. The monoisotopic (exact) mass is 478 g/mol. The number of ether oxygens (including phenoxy) is 2. The number of anilines is 1. The van der Waals surface area contributed by atoms with Gasteiger partial charge >= 0.3 is 5.82 Å². The number of amides is 1. The summed E-state index contributed by atoms with van der Waals surface area (Å²) in [6, 6.07) is 9.95. The molecule has 0 radical (unpaired) electrons. The van der Waals surface area contributed by atoms with Crippen molar-refractivity contribution in [1.29, 1.82) is 0 Å². The van der Waals surface area contributed by atoms with Crippen LogP contribution in [0.1, 0.15) is 35.8 Å². The first-order valence-electron chi connectivity index (χ1n) is 10.4. The molecule has 9 nitrogen and oxygen atoms in total. The van der Waals surface area contributed by atoms with Crippen molar-refractivity contribution in [3.8, 4) is 11.5 Å². The Balaban J connectivity index is 1.45. The van der Waals surface area contributed by atoms with E-state index in [9.17, 15) is 14.9 Å². The quantitative estimate of drug-likeness (QED) is 0.359. The van der Waals surface area contributed by atoms with E-state index >= 15 is 0 Å². The summed E-state index contributed by atoms with van der Waals surface area (Å²) in [5, 5.41) is 15.9. The first-order chi connectivity index (χ1) is 16.3. The lowest BCUT2D eigenvalue weighted by Crippen LogP contribution is -2.16. The van der Waals surface area contributed by atoms with Gasteiger partial charge in [-0.1, -0.05) is 12.5 Å². The van der Waals surface area contributed by atoms with Crippen LogP contribution in [0.25, 0.3) is 0 Å². The van der Waals surface area contributed by atoms with E-state index in [0.29, 0.717) is 5.13 Å². The van der Waals surface area contributed by atoms with Crippen molar-refractivity contribution in [3.63, 3.8) is 0 Å². The fourth-order valence-electron chi connectivity index (χ4n) is 3.79. The maximum atomic E-state index is 12.5. The number of nitro groups is 1. The molecule has 2 aromatic heterocycles. The number of allylic oxidation sites excluding steroid dienone is 3. The zero-order valence-electron chi connectivity index (χ0n) is 18.7. The first kappa shape index (κ1) is 23.1. The molecule has 2 atom stereocenters. The number of nitrogens with one attached hydrogen (secondary N) is 1. The van der Waals surface area contributed by atoms with Gasteiger partial charge in [-0.05, 0) is 65.2 Å². The summed E-state index contributed by atoms with van der Waals surface area (Å²) in [4.78, 5) is 31.0. The molecule has 0 fully saturated rings. The van der Waals surface area contributed by atoms with Crippen molar-refractivity contribution < 1.29 is 19.2 Å². The highest BCUT2D eigenvalue weighted by molar-refractivity contribution is 7.14. The van der Waals surface area contributed by atoms with Gasteiger partial charge in [0, 0.05) is 17.4 Å². The smallest absolute Gasteiger partial charge is 0.364 e. The second kappa shape index (κ2) is 9.84. The molecule has 3 aromatic rings. The molecule has 34 heavy (non-hydrogen) atoms. The Morgan fingerprint density at radius 2 is 1.94 bits per heavy atom. The number of hydrogen-bond acceptors (Lipinski definition) is 8. The summed E-state index contributed by atoms with van der Waals surface area (Å²) in [7, 11) is 1.62. The van der Waals surface area contributed by atoms with Crippen molar-refractivity contribution in [2.75, 3.05) is 12.4 Å². The molecule has 0 aliphatic heterocycles. The Morgan fingerprint density at radius 1 is 1.21 bits per heavy atom. The third-order valence-corrected chi connectivity index (χ3v) is 6.14. The SMILES string of the molecule is COc1ccc(OC2=CC(C)C(c3csc(NC(=O)c4ccnc([N+](=O)[O-])c4)n3)C(C)=C2)cc1. The summed E-state index contributed by atoms with van der Waals surface area (Å²) in [6.45, 7) is 4.12. The fraction of sp³-hybridized carbons (Fsp3) is 0.208. The van der Waals surface area contributed by atoms with Crippen molar-refractivity contribution in [1.82, 2.24) is 9.97 Å². The van der Waals surface area contributed by atoms with Gasteiger partial charge in [0.15, 0.2) is 5.13 Å².